The maximum Gasteiger partial charge on any atom is 0.408 e. The number of benzene rings is 3. The number of carbonyl (C=O) groups is 3. The van der Waals surface area contributed by atoms with Crippen LogP contribution in [-0.4, -0.2) is 40.5 Å². The number of anilines is 1. The summed E-state index contributed by atoms with van der Waals surface area (Å²) in [4.78, 5) is 41.7. The van der Waals surface area contributed by atoms with Gasteiger partial charge in [-0.2, -0.15) is 0 Å². The molecule has 37 heavy (non-hydrogen) atoms. The molecule has 2 atom stereocenters. The zero-order valence-corrected chi connectivity index (χ0v) is 22.1. The summed E-state index contributed by atoms with van der Waals surface area (Å²) in [5.41, 5.74) is 1.63. The summed E-state index contributed by atoms with van der Waals surface area (Å²) in [6, 6.07) is 19.5. The van der Waals surface area contributed by atoms with Crippen LogP contribution in [0.1, 0.15) is 57.7 Å². The predicted octanol–water partition coefficient (Wildman–Crippen LogP) is 5.73. The minimum atomic E-state index is -0.865. The SMILES string of the molecule is Cc1ccccc1C(C(=O)Nc1ccc2ccccc2c1)N(C(=O)C(C)NC(=O)OC(C)(C)C)C1CC1. The van der Waals surface area contributed by atoms with Crippen molar-refractivity contribution in [1.82, 2.24) is 10.2 Å². The van der Waals surface area contributed by atoms with Crippen LogP contribution in [0.25, 0.3) is 10.8 Å². The normalized spacial score (nSPS) is 14.9. The number of fused-ring (bicyclic) bond motifs is 1. The Labute approximate surface area is 218 Å². The summed E-state index contributed by atoms with van der Waals surface area (Å²) in [6.45, 7) is 8.85. The highest BCUT2D eigenvalue weighted by molar-refractivity contribution is 6.00. The number of ether oxygens (including phenoxy) is 1. The Morgan fingerprint density at radius 1 is 0.946 bits per heavy atom. The van der Waals surface area contributed by atoms with Crippen LogP contribution in [0.4, 0.5) is 10.5 Å². The number of nitrogens with one attached hydrogen (secondary N) is 2. The van der Waals surface area contributed by atoms with E-state index in [-0.39, 0.29) is 17.9 Å². The van der Waals surface area contributed by atoms with Gasteiger partial charge in [-0.3, -0.25) is 9.59 Å². The molecule has 0 bridgehead atoms. The second-order valence-corrected chi connectivity index (χ2v) is 10.7. The molecule has 7 nitrogen and oxygen atoms in total. The molecular formula is C30H35N3O4. The summed E-state index contributed by atoms with van der Waals surface area (Å²) in [7, 11) is 0. The van der Waals surface area contributed by atoms with Gasteiger partial charge >= 0.3 is 6.09 Å². The lowest BCUT2D eigenvalue weighted by Crippen LogP contribution is -2.52. The second-order valence-electron chi connectivity index (χ2n) is 10.7. The maximum atomic E-state index is 13.9. The van der Waals surface area contributed by atoms with E-state index in [4.69, 9.17) is 4.74 Å². The van der Waals surface area contributed by atoms with Crippen molar-refractivity contribution in [3.05, 3.63) is 77.9 Å². The van der Waals surface area contributed by atoms with Gasteiger partial charge in [0, 0.05) is 11.7 Å². The minimum absolute atomic E-state index is 0.0812. The molecule has 2 unspecified atom stereocenters. The average Bonchev–Trinajstić information content (AvgIpc) is 3.66. The lowest BCUT2D eigenvalue weighted by molar-refractivity contribution is -0.141. The van der Waals surface area contributed by atoms with Gasteiger partial charge in [0.05, 0.1) is 0 Å². The van der Waals surface area contributed by atoms with E-state index in [2.05, 4.69) is 10.6 Å². The van der Waals surface area contributed by atoms with E-state index >= 15 is 0 Å². The minimum Gasteiger partial charge on any atom is -0.444 e. The summed E-state index contributed by atoms with van der Waals surface area (Å²) in [5, 5.41) is 7.78. The van der Waals surface area contributed by atoms with Crippen LogP contribution in [-0.2, 0) is 14.3 Å². The van der Waals surface area contributed by atoms with E-state index < -0.39 is 23.8 Å². The van der Waals surface area contributed by atoms with Crippen molar-refractivity contribution in [1.29, 1.82) is 0 Å². The second kappa shape index (κ2) is 10.6. The molecule has 3 aromatic carbocycles. The van der Waals surface area contributed by atoms with E-state index in [0.29, 0.717) is 5.69 Å². The number of alkyl carbamates (subject to hydrolysis) is 1. The Kier molecular flexibility index (Phi) is 7.52. The Balaban J connectivity index is 1.64. The molecule has 1 saturated carbocycles. The number of aryl methyl sites for hydroxylation is 1. The van der Waals surface area contributed by atoms with Crippen LogP contribution < -0.4 is 10.6 Å². The van der Waals surface area contributed by atoms with Crippen molar-refractivity contribution in [3.8, 4) is 0 Å². The zero-order chi connectivity index (χ0) is 26.7. The van der Waals surface area contributed by atoms with Gasteiger partial charge < -0.3 is 20.3 Å². The highest BCUT2D eigenvalue weighted by Crippen LogP contribution is 2.37. The van der Waals surface area contributed by atoms with Gasteiger partial charge in [0.15, 0.2) is 0 Å². The summed E-state index contributed by atoms with van der Waals surface area (Å²) in [5.74, 6) is -0.621. The first kappa shape index (κ1) is 26.2. The van der Waals surface area contributed by atoms with Gasteiger partial charge in [0.25, 0.3) is 5.91 Å². The van der Waals surface area contributed by atoms with Gasteiger partial charge in [0.2, 0.25) is 5.91 Å². The number of hydrogen-bond acceptors (Lipinski definition) is 4. The molecule has 0 saturated heterocycles. The third-order valence-electron chi connectivity index (χ3n) is 6.32. The largest absolute Gasteiger partial charge is 0.444 e. The number of nitrogens with zero attached hydrogens (tertiary/aromatic N) is 1. The standard InChI is InChI=1S/C30H35N3O4/c1-19-10-6-9-13-25(19)26(27(34)32-23-15-14-21-11-7-8-12-22(21)18-23)33(24-16-17-24)28(35)20(2)31-29(36)37-30(3,4)5/h6-15,18,20,24,26H,16-17H2,1-5H3,(H,31,36)(H,32,34). The molecule has 4 rings (SSSR count). The molecular weight excluding hydrogens is 466 g/mol. The third kappa shape index (κ3) is 6.47. The molecule has 3 aromatic rings. The molecule has 7 heteroatoms. The fourth-order valence-electron chi connectivity index (χ4n) is 4.43. The summed E-state index contributed by atoms with van der Waals surface area (Å²) in [6.07, 6.45) is 0.935. The average molecular weight is 502 g/mol. The molecule has 0 aliphatic heterocycles. The molecule has 0 heterocycles. The number of rotatable bonds is 7. The lowest BCUT2D eigenvalue weighted by Gasteiger charge is -2.34. The van der Waals surface area contributed by atoms with E-state index in [9.17, 15) is 14.4 Å². The molecule has 1 fully saturated rings. The quantitative estimate of drug-likeness (QED) is 0.433. The van der Waals surface area contributed by atoms with E-state index in [1.165, 1.54) is 0 Å². The topological polar surface area (TPSA) is 87.7 Å². The van der Waals surface area contributed by atoms with E-state index in [1.54, 1.807) is 32.6 Å². The fourth-order valence-corrected chi connectivity index (χ4v) is 4.43. The maximum absolute atomic E-state index is 13.9. The number of carbonyl (C=O) groups excluding carboxylic acids is 3. The lowest BCUT2D eigenvalue weighted by atomic mass is 9.98. The first-order valence-corrected chi connectivity index (χ1v) is 12.7. The molecule has 0 radical (unpaired) electrons. The van der Waals surface area contributed by atoms with Gasteiger partial charge in [-0.1, -0.05) is 54.6 Å². The van der Waals surface area contributed by atoms with Gasteiger partial charge in [-0.05, 0) is 81.5 Å². The van der Waals surface area contributed by atoms with E-state index in [1.807, 2.05) is 73.7 Å². The first-order chi connectivity index (χ1) is 17.5. The monoisotopic (exact) mass is 501 g/mol. The van der Waals surface area contributed by atoms with Crippen molar-refractivity contribution in [3.63, 3.8) is 0 Å². The highest BCUT2D eigenvalue weighted by atomic mass is 16.6. The van der Waals surface area contributed by atoms with Gasteiger partial charge in [0.1, 0.15) is 17.7 Å². The van der Waals surface area contributed by atoms with E-state index in [0.717, 1.165) is 34.7 Å². The van der Waals surface area contributed by atoms with Crippen LogP contribution in [0.2, 0.25) is 0 Å². The third-order valence-corrected chi connectivity index (χ3v) is 6.32. The molecule has 2 N–H and O–H groups in total. The van der Waals surface area contributed by atoms with Crippen molar-refractivity contribution >= 4 is 34.4 Å². The molecule has 0 spiro atoms. The summed E-state index contributed by atoms with van der Waals surface area (Å²) >= 11 is 0. The smallest absolute Gasteiger partial charge is 0.408 e. The van der Waals surface area contributed by atoms with Crippen LogP contribution in [0.5, 0.6) is 0 Å². The number of amides is 3. The molecule has 1 aliphatic carbocycles. The Bertz CT molecular complexity index is 1310. The Hall–Kier alpha value is -3.87. The first-order valence-electron chi connectivity index (χ1n) is 12.7. The zero-order valence-electron chi connectivity index (χ0n) is 22.1. The van der Waals surface area contributed by atoms with Crippen LogP contribution in [0.15, 0.2) is 66.7 Å². The molecule has 1 aliphatic rings. The van der Waals surface area contributed by atoms with Crippen molar-refractivity contribution in [2.24, 2.45) is 0 Å². The Morgan fingerprint density at radius 3 is 2.24 bits per heavy atom. The highest BCUT2D eigenvalue weighted by Gasteiger charge is 2.43. The molecule has 3 amide bonds. The van der Waals surface area contributed by atoms with Crippen molar-refractivity contribution in [2.45, 2.75) is 71.2 Å². The number of hydrogen-bond donors (Lipinski definition) is 2. The van der Waals surface area contributed by atoms with Crippen molar-refractivity contribution < 1.29 is 19.1 Å². The molecule has 194 valence electrons. The predicted molar refractivity (Wildman–Crippen MR) is 145 cm³/mol. The van der Waals surface area contributed by atoms with Crippen molar-refractivity contribution in [2.75, 3.05) is 5.32 Å². The Morgan fingerprint density at radius 2 is 1.59 bits per heavy atom. The summed E-state index contributed by atoms with van der Waals surface area (Å²) < 4.78 is 5.34. The van der Waals surface area contributed by atoms with Crippen LogP contribution in [0, 0.1) is 6.92 Å². The van der Waals surface area contributed by atoms with Crippen LogP contribution >= 0.6 is 0 Å². The van der Waals surface area contributed by atoms with Gasteiger partial charge in [-0.15, -0.1) is 0 Å². The van der Waals surface area contributed by atoms with Gasteiger partial charge in [-0.25, -0.2) is 4.79 Å². The van der Waals surface area contributed by atoms with Crippen LogP contribution in [0.3, 0.4) is 0 Å². The molecule has 0 aromatic heterocycles. The fraction of sp³-hybridized carbons (Fsp3) is 0.367.